The molecule has 2 fully saturated rings. The molecular weight excluding hydrogens is 429 g/mol. The third-order valence-electron chi connectivity index (χ3n) is 4.72. The molecule has 0 radical (unpaired) electrons. The minimum Gasteiger partial charge on any atom is -0.379 e. The summed E-state index contributed by atoms with van der Waals surface area (Å²) in [4.78, 5) is 14.2. The maximum Gasteiger partial charge on any atom is 0.194 e. The zero-order valence-electron chi connectivity index (χ0n) is 15.8. The Kier molecular flexibility index (Phi) is 5.75. The highest BCUT2D eigenvalue weighted by Gasteiger charge is 2.28. The van der Waals surface area contributed by atoms with Crippen LogP contribution in [0.25, 0.3) is 0 Å². The van der Waals surface area contributed by atoms with Gasteiger partial charge in [-0.3, -0.25) is 0 Å². The average Bonchev–Trinajstić information content (AvgIpc) is 2.81. The molecule has 2 saturated heterocycles. The first-order valence-corrected chi connectivity index (χ1v) is 10.2. The Morgan fingerprint density at radius 2 is 1.68 bits per heavy atom. The van der Waals surface area contributed by atoms with E-state index in [4.69, 9.17) is 14.7 Å². The molecule has 6 nitrogen and oxygen atoms in total. The standard InChI is InChI=1S/C18H30IN5O/c1-17(2)10-20-5-6-23(11-17)14-9-15(22-16(19)21-14)24-7-8-25-13-18(3,4)12-24/h9,20H,5-8,10-13H2,1-4H3. The van der Waals surface area contributed by atoms with E-state index < -0.39 is 0 Å². The van der Waals surface area contributed by atoms with E-state index in [1.165, 1.54) is 0 Å². The molecule has 0 unspecified atom stereocenters. The molecule has 0 bridgehead atoms. The molecule has 0 aromatic carbocycles. The van der Waals surface area contributed by atoms with Crippen LogP contribution in [0, 0.1) is 14.7 Å². The fourth-order valence-electron chi connectivity index (χ4n) is 3.57. The van der Waals surface area contributed by atoms with Crippen molar-refractivity contribution in [3.8, 4) is 0 Å². The van der Waals surface area contributed by atoms with Crippen LogP contribution in [-0.4, -0.2) is 62.5 Å². The van der Waals surface area contributed by atoms with E-state index in [9.17, 15) is 0 Å². The monoisotopic (exact) mass is 459 g/mol. The molecule has 2 aliphatic heterocycles. The zero-order valence-corrected chi connectivity index (χ0v) is 18.0. The Labute approximate surface area is 164 Å². The normalized spacial score (nSPS) is 23.9. The summed E-state index contributed by atoms with van der Waals surface area (Å²) in [5.74, 6) is 2.05. The first-order chi connectivity index (χ1) is 11.7. The Morgan fingerprint density at radius 1 is 1.04 bits per heavy atom. The van der Waals surface area contributed by atoms with Crippen molar-refractivity contribution in [1.29, 1.82) is 0 Å². The van der Waals surface area contributed by atoms with Crippen molar-refractivity contribution < 1.29 is 4.74 Å². The summed E-state index contributed by atoms with van der Waals surface area (Å²) in [5, 5.41) is 3.53. The molecule has 0 atom stereocenters. The van der Waals surface area contributed by atoms with Crippen molar-refractivity contribution in [2.75, 3.05) is 62.3 Å². The highest BCUT2D eigenvalue weighted by atomic mass is 127. The molecule has 3 rings (SSSR count). The van der Waals surface area contributed by atoms with Crippen LogP contribution >= 0.6 is 22.6 Å². The van der Waals surface area contributed by atoms with Gasteiger partial charge in [0.05, 0.1) is 13.2 Å². The summed E-state index contributed by atoms with van der Waals surface area (Å²) < 4.78 is 6.58. The topological polar surface area (TPSA) is 53.5 Å². The number of anilines is 2. The van der Waals surface area contributed by atoms with Crippen LogP contribution in [-0.2, 0) is 4.74 Å². The highest BCUT2D eigenvalue weighted by molar-refractivity contribution is 14.1. The lowest BCUT2D eigenvalue weighted by Gasteiger charge is -2.32. The van der Waals surface area contributed by atoms with Crippen LogP contribution in [0.1, 0.15) is 27.7 Å². The molecular formula is C18H30IN5O. The van der Waals surface area contributed by atoms with Crippen LogP contribution in [0.4, 0.5) is 11.6 Å². The number of hydrogen-bond acceptors (Lipinski definition) is 6. The molecule has 0 spiro atoms. The summed E-state index contributed by atoms with van der Waals surface area (Å²) in [6.07, 6.45) is 0. The minimum absolute atomic E-state index is 0.127. The van der Waals surface area contributed by atoms with E-state index in [-0.39, 0.29) is 10.8 Å². The molecule has 25 heavy (non-hydrogen) atoms. The van der Waals surface area contributed by atoms with Crippen LogP contribution in [0.2, 0.25) is 0 Å². The molecule has 2 aliphatic rings. The van der Waals surface area contributed by atoms with Gasteiger partial charge in [-0.1, -0.05) is 27.7 Å². The van der Waals surface area contributed by atoms with Crippen LogP contribution in [0.3, 0.4) is 0 Å². The molecule has 0 amide bonds. The minimum atomic E-state index is 0.127. The second-order valence-corrected chi connectivity index (χ2v) is 9.72. The summed E-state index contributed by atoms with van der Waals surface area (Å²) in [6.45, 7) is 16.5. The number of nitrogens with one attached hydrogen (secondary N) is 1. The second-order valence-electron chi connectivity index (χ2n) is 8.75. The Bertz CT molecular complexity index is 559. The number of ether oxygens (including phenoxy) is 1. The van der Waals surface area contributed by atoms with E-state index in [2.05, 4.69) is 71.5 Å². The van der Waals surface area contributed by atoms with E-state index >= 15 is 0 Å². The fraction of sp³-hybridized carbons (Fsp3) is 0.778. The number of nitrogens with zero attached hydrogens (tertiary/aromatic N) is 4. The highest BCUT2D eigenvalue weighted by Crippen LogP contribution is 2.28. The average molecular weight is 459 g/mol. The van der Waals surface area contributed by atoms with E-state index in [0.29, 0.717) is 0 Å². The molecule has 0 aliphatic carbocycles. The van der Waals surface area contributed by atoms with Crippen molar-refractivity contribution in [2.24, 2.45) is 10.8 Å². The molecule has 1 aromatic rings. The largest absolute Gasteiger partial charge is 0.379 e. The van der Waals surface area contributed by atoms with Crippen molar-refractivity contribution >= 4 is 34.2 Å². The molecule has 140 valence electrons. The second kappa shape index (κ2) is 7.52. The van der Waals surface area contributed by atoms with E-state index in [0.717, 1.165) is 67.9 Å². The lowest BCUT2D eigenvalue weighted by Crippen LogP contribution is -2.37. The van der Waals surface area contributed by atoms with E-state index in [1.807, 2.05) is 0 Å². The van der Waals surface area contributed by atoms with Crippen LogP contribution in [0.15, 0.2) is 6.07 Å². The predicted octanol–water partition coefficient (Wildman–Crippen LogP) is 2.38. The van der Waals surface area contributed by atoms with Gasteiger partial charge in [0, 0.05) is 73.3 Å². The molecule has 7 heteroatoms. The number of rotatable bonds is 2. The third-order valence-corrected chi connectivity index (χ3v) is 5.20. The van der Waals surface area contributed by atoms with Crippen molar-refractivity contribution in [3.63, 3.8) is 0 Å². The van der Waals surface area contributed by atoms with Gasteiger partial charge in [0.15, 0.2) is 3.83 Å². The summed E-state index contributed by atoms with van der Waals surface area (Å²) >= 11 is 2.24. The van der Waals surface area contributed by atoms with Gasteiger partial charge in [0.25, 0.3) is 0 Å². The SMILES string of the molecule is CC1(C)CNCCN(c2cc(N3CCOCC(C)(C)C3)nc(I)n2)C1. The van der Waals surface area contributed by atoms with Crippen molar-refractivity contribution in [3.05, 3.63) is 9.90 Å². The first-order valence-electron chi connectivity index (χ1n) is 9.07. The van der Waals surface area contributed by atoms with Gasteiger partial charge in [-0.05, 0) is 5.41 Å². The Balaban J connectivity index is 1.87. The number of hydrogen-bond donors (Lipinski definition) is 1. The quantitative estimate of drug-likeness (QED) is 0.542. The van der Waals surface area contributed by atoms with Crippen molar-refractivity contribution in [2.45, 2.75) is 27.7 Å². The number of halogens is 1. The summed E-state index contributed by atoms with van der Waals surface area (Å²) in [5.41, 5.74) is 0.354. The third kappa shape index (κ3) is 5.17. The predicted molar refractivity (Wildman–Crippen MR) is 110 cm³/mol. The van der Waals surface area contributed by atoms with Gasteiger partial charge in [0.2, 0.25) is 0 Å². The van der Waals surface area contributed by atoms with E-state index in [1.54, 1.807) is 0 Å². The maximum absolute atomic E-state index is 5.78. The number of aromatic nitrogens is 2. The van der Waals surface area contributed by atoms with Gasteiger partial charge < -0.3 is 19.9 Å². The van der Waals surface area contributed by atoms with Gasteiger partial charge in [-0.15, -0.1) is 0 Å². The lowest BCUT2D eigenvalue weighted by atomic mass is 9.93. The van der Waals surface area contributed by atoms with Crippen molar-refractivity contribution in [1.82, 2.24) is 15.3 Å². The molecule has 0 saturated carbocycles. The fourth-order valence-corrected chi connectivity index (χ4v) is 4.06. The lowest BCUT2D eigenvalue weighted by molar-refractivity contribution is 0.0893. The Morgan fingerprint density at radius 3 is 2.40 bits per heavy atom. The van der Waals surface area contributed by atoms with Gasteiger partial charge in [0.1, 0.15) is 11.6 Å². The maximum atomic E-state index is 5.78. The summed E-state index contributed by atoms with van der Waals surface area (Å²) in [7, 11) is 0. The Hall–Kier alpha value is -0.670. The molecule has 1 aromatic heterocycles. The summed E-state index contributed by atoms with van der Waals surface area (Å²) in [6, 6.07) is 2.16. The van der Waals surface area contributed by atoms with Gasteiger partial charge in [-0.25, -0.2) is 9.97 Å². The van der Waals surface area contributed by atoms with Crippen LogP contribution < -0.4 is 15.1 Å². The molecule has 3 heterocycles. The van der Waals surface area contributed by atoms with Gasteiger partial charge in [-0.2, -0.15) is 0 Å². The zero-order chi connectivity index (χ0) is 18.1. The smallest absolute Gasteiger partial charge is 0.194 e. The molecule has 1 N–H and O–H groups in total. The van der Waals surface area contributed by atoms with Gasteiger partial charge >= 0.3 is 0 Å². The first kappa shape index (κ1) is 19.1. The van der Waals surface area contributed by atoms with Crippen LogP contribution in [0.5, 0.6) is 0 Å².